The molecular weight excluding hydrogens is 330 g/mol. The van der Waals surface area contributed by atoms with E-state index in [1.165, 1.54) is 11.3 Å². The highest BCUT2D eigenvalue weighted by Gasteiger charge is 2.08. The maximum atomic E-state index is 4.68. The summed E-state index contributed by atoms with van der Waals surface area (Å²) >= 11 is 1.74. The van der Waals surface area contributed by atoms with Gasteiger partial charge in [0.25, 0.3) is 0 Å². The number of thiophene rings is 1. The van der Waals surface area contributed by atoms with Gasteiger partial charge in [-0.3, -0.25) is 0 Å². The van der Waals surface area contributed by atoms with Crippen molar-refractivity contribution in [3.05, 3.63) is 58.2 Å². The number of pyridine rings is 1. The maximum absolute atomic E-state index is 4.68. The van der Waals surface area contributed by atoms with Crippen molar-refractivity contribution in [2.24, 2.45) is 4.99 Å². The predicted octanol–water partition coefficient (Wildman–Crippen LogP) is 3.56. The van der Waals surface area contributed by atoms with Crippen molar-refractivity contribution in [2.75, 3.05) is 13.1 Å². The standard InChI is InChI=1S/C19H25N5S/c1-4-20-19(21-10-14(2)16-8-9-25-13-16)22-11-17-12-24-15(3)6-5-7-18(24)23-17/h5-9,12-14H,4,10-11H2,1-3H3,(H2,20,21,22). The third-order valence-corrected chi connectivity index (χ3v) is 4.88. The van der Waals surface area contributed by atoms with Crippen molar-refractivity contribution in [2.45, 2.75) is 33.2 Å². The molecule has 0 aliphatic heterocycles. The second kappa shape index (κ2) is 8.16. The monoisotopic (exact) mass is 355 g/mol. The molecule has 3 aromatic rings. The van der Waals surface area contributed by atoms with Gasteiger partial charge in [-0.15, -0.1) is 0 Å². The lowest BCUT2D eigenvalue weighted by atomic mass is 10.1. The molecule has 0 amide bonds. The molecule has 3 rings (SSSR count). The van der Waals surface area contributed by atoms with Crippen LogP contribution in [-0.2, 0) is 6.54 Å². The summed E-state index contributed by atoms with van der Waals surface area (Å²) in [7, 11) is 0. The van der Waals surface area contributed by atoms with Gasteiger partial charge in [-0.2, -0.15) is 11.3 Å². The molecule has 3 heterocycles. The molecule has 5 nitrogen and oxygen atoms in total. The van der Waals surface area contributed by atoms with Crippen molar-refractivity contribution in [3.63, 3.8) is 0 Å². The number of fused-ring (bicyclic) bond motifs is 1. The Morgan fingerprint density at radius 2 is 2.20 bits per heavy atom. The normalized spacial score (nSPS) is 13.2. The van der Waals surface area contributed by atoms with Gasteiger partial charge in [0, 0.05) is 25.0 Å². The first kappa shape index (κ1) is 17.5. The van der Waals surface area contributed by atoms with Gasteiger partial charge in [-0.25, -0.2) is 9.98 Å². The lowest BCUT2D eigenvalue weighted by Crippen LogP contribution is -2.39. The van der Waals surface area contributed by atoms with E-state index in [0.717, 1.165) is 30.4 Å². The van der Waals surface area contributed by atoms with Crippen LogP contribution in [0.3, 0.4) is 0 Å². The van der Waals surface area contributed by atoms with Gasteiger partial charge in [-0.1, -0.05) is 13.0 Å². The molecule has 0 radical (unpaired) electrons. The number of imidazole rings is 1. The highest BCUT2D eigenvalue weighted by Crippen LogP contribution is 2.17. The highest BCUT2D eigenvalue weighted by molar-refractivity contribution is 7.07. The quantitative estimate of drug-likeness (QED) is 0.525. The smallest absolute Gasteiger partial charge is 0.191 e. The second-order valence-electron chi connectivity index (χ2n) is 6.16. The Hall–Kier alpha value is -2.34. The number of aryl methyl sites for hydroxylation is 1. The molecule has 3 aromatic heterocycles. The zero-order chi connectivity index (χ0) is 17.6. The van der Waals surface area contributed by atoms with Crippen LogP contribution in [-0.4, -0.2) is 28.4 Å². The Kier molecular flexibility index (Phi) is 5.71. The maximum Gasteiger partial charge on any atom is 0.191 e. The van der Waals surface area contributed by atoms with Gasteiger partial charge >= 0.3 is 0 Å². The van der Waals surface area contributed by atoms with E-state index in [9.17, 15) is 0 Å². The third kappa shape index (κ3) is 4.39. The summed E-state index contributed by atoms with van der Waals surface area (Å²) in [6, 6.07) is 8.31. The number of aromatic nitrogens is 2. The molecule has 132 valence electrons. The first-order valence-electron chi connectivity index (χ1n) is 8.65. The van der Waals surface area contributed by atoms with E-state index in [1.54, 1.807) is 11.3 Å². The third-order valence-electron chi connectivity index (χ3n) is 4.18. The summed E-state index contributed by atoms with van der Waals surface area (Å²) in [5.74, 6) is 1.28. The zero-order valence-electron chi connectivity index (χ0n) is 15.0. The summed E-state index contributed by atoms with van der Waals surface area (Å²) in [4.78, 5) is 9.33. The second-order valence-corrected chi connectivity index (χ2v) is 6.94. The molecule has 25 heavy (non-hydrogen) atoms. The first-order valence-corrected chi connectivity index (χ1v) is 9.59. The van der Waals surface area contributed by atoms with E-state index in [0.29, 0.717) is 12.5 Å². The Morgan fingerprint density at radius 1 is 1.32 bits per heavy atom. The van der Waals surface area contributed by atoms with Crippen molar-refractivity contribution >= 4 is 22.9 Å². The Bertz CT molecular complexity index is 835. The average Bonchev–Trinajstić information content (AvgIpc) is 3.27. The molecule has 2 N–H and O–H groups in total. The van der Waals surface area contributed by atoms with E-state index in [-0.39, 0.29) is 0 Å². The summed E-state index contributed by atoms with van der Waals surface area (Å²) in [5, 5.41) is 11.1. The molecule has 0 aliphatic rings. The fraction of sp³-hybridized carbons (Fsp3) is 0.368. The lowest BCUT2D eigenvalue weighted by molar-refractivity contribution is 0.701. The summed E-state index contributed by atoms with van der Waals surface area (Å²) < 4.78 is 2.10. The van der Waals surface area contributed by atoms with Crippen molar-refractivity contribution in [1.82, 2.24) is 20.0 Å². The molecule has 1 atom stereocenters. The topological polar surface area (TPSA) is 53.7 Å². The minimum Gasteiger partial charge on any atom is -0.357 e. The molecular formula is C19H25N5S. The minimum absolute atomic E-state index is 0.452. The Morgan fingerprint density at radius 3 is 2.92 bits per heavy atom. The number of nitrogens with zero attached hydrogens (tertiary/aromatic N) is 3. The van der Waals surface area contributed by atoms with Gasteiger partial charge in [0.15, 0.2) is 5.96 Å². The molecule has 0 saturated heterocycles. The van der Waals surface area contributed by atoms with Gasteiger partial charge in [-0.05, 0) is 54.3 Å². The van der Waals surface area contributed by atoms with E-state index in [4.69, 9.17) is 0 Å². The van der Waals surface area contributed by atoms with E-state index >= 15 is 0 Å². The Labute approximate surface area is 152 Å². The molecule has 0 fully saturated rings. The average molecular weight is 356 g/mol. The fourth-order valence-corrected chi connectivity index (χ4v) is 3.48. The van der Waals surface area contributed by atoms with E-state index in [1.807, 2.05) is 12.1 Å². The lowest BCUT2D eigenvalue weighted by Gasteiger charge is -2.15. The first-order chi connectivity index (χ1) is 12.2. The van der Waals surface area contributed by atoms with Gasteiger partial charge in [0.05, 0.1) is 12.2 Å². The van der Waals surface area contributed by atoms with Crippen LogP contribution in [0, 0.1) is 6.92 Å². The molecule has 6 heteroatoms. The van der Waals surface area contributed by atoms with Crippen LogP contribution in [0.1, 0.15) is 36.7 Å². The van der Waals surface area contributed by atoms with Crippen molar-refractivity contribution in [1.29, 1.82) is 0 Å². The predicted molar refractivity (Wildman–Crippen MR) is 105 cm³/mol. The van der Waals surface area contributed by atoms with Gasteiger partial charge in [0.2, 0.25) is 0 Å². The SMILES string of the molecule is CCNC(=NCc1cn2c(C)cccc2n1)NCC(C)c1ccsc1. The van der Waals surface area contributed by atoms with Crippen LogP contribution >= 0.6 is 11.3 Å². The molecule has 0 aromatic carbocycles. The molecule has 0 saturated carbocycles. The van der Waals surface area contributed by atoms with E-state index < -0.39 is 0 Å². The van der Waals surface area contributed by atoms with Crippen molar-refractivity contribution in [3.8, 4) is 0 Å². The van der Waals surface area contributed by atoms with Gasteiger partial charge in [0.1, 0.15) is 5.65 Å². The summed E-state index contributed by atoms with van der Waals surface area (Å²) in [5.41, 5.74) is 4.48. The number of hydrogen-bond acceptors (Lipinski definition) is 3. The minimum atomic E-state index is 0.452. The number of guanidine groups is 1. The molecule has 0 spiro atoms. The van der Waals surface area contributed by atoms with Crippen LogP contribution in [0.2, 0.25) is 0 Å². The zero-order valence-corrected chi connectivity index (χ0v) is 15.8. The number of nitrogens with one attached hydrogen (secondary N) is 2. The Balaban J connectivity index is 1.65. The number of hydrogen-bond donors (Lipinski definition) is 2. The largest absolute Gasteiger partial charge is 0.357 e. The van der Waals surface area contributed by atoms with Crippen molar-refractivity contribution < 1.29 is 0 Å². The van der Waals surface area contributed by atoms with Crippen LogP contribution in [0.25, 0.3) is 5.65 Å². The number of aliphatic imine (C=N–C) groups is 1. The van der Waals surface area contributed by atoms with Crippen LogP contribution < -0.4 is 10.6 Å². The van der Waals surface area contributed by atoms with Gasteiger partial charge < -0.3 is 15.0 Å². The summed E-state index contributed by atoms with van der Waals surface area (Å²) in [6.45, 7) is 8.63. The van der Waals surface area contributed by atoms with Crippen LogP contribution in [0.15, 0.2) is 46.2 Å². The van der Waals surface area contributed by atoms with E-state index in [2.05, 4.69) is 74.9 Å². The molecule has 1 unspecified atom stereocenters. The van der Waals surface area contributed by atoms with Crippen LogP contribution in [0.5, 0.6) is 0 Å². The number of rotatable bonds is 6. The molecule has 0 bridgehead atoms. The summed E-state index contributed by atoms with van der Waals surface area (Å²) in [6.07, 6.45) is 2.06. The fourth-order valence-electron chi connectivity index (χ4n) is 2.70. The molecule has 0 aliphatic carbocycles. The highest BCUT2D eigenvalue weighted by atomic mass is 32.1. The van der Waals surface area contributed by atoms with Crippen LogP contribution in [0.4, 0.5) is 0 Å².